The zero-order valence-electron chi connectivity index (χ0n) is 17.9. The van der Waals surface area contributed by atoms with E-state index in [-0.39, 0.29) is 23.5 Å². The van der Waals surface area contributed by atoms with Crippen LogP contribution in [0, 0.1) is 11.8 Å². The molecular formula is C23H24N2O7. The van der Waals surface area contributed by atoms with Crippen LogP contribution in [-0.4, -0.2) is 69.2 Å². The highest BCUT2D eigenvalue weighted by atomic mass is 16.8. The van der Waals surface area contributed by atoms with E-state index in [2.05, 4.69) is 0 Å². The van der Waals surface area contributed by atoms with Crippen molar-refractivity contribution in [2.75, 3.05) is 14.1 Å². The van der Waals surface area contributed by atoms with Crippen LogP contribution in [0.5, 0.6) is 0 Å². The number of ether oxygens (including phenoxy) is 1. The number of carbonyl (C=O) groups is 3. The lowest BCUT2D eigenvalue weighted by Crippen LogP contribution is -2.60. The molecule has 4 aliphatic rings. The van der Waals surface area contributed by atoms with E-state index in [4.69, 9.17) is 10.5 Å². The molecule has 1 unspecified atom stereocenters. The number of nitrogens with two attached hydrogens (primary N) is 1. The van der Waals surface area contributed by atoms with Gasteiger partial charge >= 0.3 is 0 Å². The second-order valence-corrected chi connectivity index (χ2v) is 9.24. The van der Waals surface area contributed by atoms with Crippen molar-refractivity contribution >= 4 is 23.2 Å². The summed E-state index contributed by atoms with van der Waals surface area (Å²) in [4.78, 5) is 39.7. The number of ketones is 2. The minimum Gasteiger partial charge on any atom is -0.510 e. The van der Waals surface area contributed by atoms with E-state index in [0.29, 0.717) is 23.1 Å². The van der Waals surface area contributed by atoms with E-state index in [1.54, 1.807) is 37.2 Å². The summed E-state index contributed by atoms with van der Waals surface area (Å²) in [6.45, 7) is 1.45. The van der Waals surface area contributed by atoms with Crippen molar-refractivity contribution in [1.29, 1.82) is 0 Å². The topological polar surface area (TPSA) is 154 Å². The van der Waals surface area contributed by atoms with Gasteiger partial charge in [0.2, 0.25) is 11.6 Å². The van der Waals surface area contributed by atoms with Crippen molar-refractivity contribution in [1.82, 2.24) is 4.90 Å². The zero-order chi connectivity index (χ0) is 23.3. The van der Waals surface area contributed by atoms with Gasteiger partial charge in [-0.15, -0.1) is 0 Å². The van der Waals surface area contributed by atoms with Crippen molar-refractivity contribution in [3.05, 3.63) is 51.8 Å². The Labute approximate surface area is 183 Å². The number of likely N-dealkylation sites (N-methyl/N-ethyl adjacent to an activating group) is 1. The molecule has 9 heteroatoms. The highest BCUT2D eigenvalue weighted by Crippen LogP contribution is 2.66. The summed E-state index contributed by atoms with van der Waals surface area (Å²) in [7, 11) is 3.36. The Morgan fingerprint density at radius 1 is 1.25 bits per heavy atom. The molecule has 2 fully saturated rings. The quantitative estimate of drug-likeness (QED) is 0.394. The first-order valence-electron chi connectivity index (χ1n) is 10.4. The Bertz CT molecular complexity index is 1180. The van der Waals surface area contributed by atoms with Gasteiger partial charge in [-0.2, -0.15) is 0 Å². The largest absolute Gasteiger partial charge is 0.510 e. The van der Waals surface area contributed by atoms with E-state index in [1.807, 2.05) is 0 Å². The van der Waals surface area contributed by atoms with Crippen LogP contribution >= 0.6 is 0 Å². The molecule has 1 spiro atoms. The SMILES string of the molecule is CC(=O)c1cccc2c1C[C@H]1C[C@H]3[C@H](N(C)C)C(O)=C(C(N)=O)C4(O)O[C@]34C(=O)C1=C2O. The normalized spacial score (nSPS) is 35.2. The molecule has 1 amide bonds. The summed E-state index contributed by atoms with van der Waals surface area (Å²) >= 11 is 0. The number of fused-ring (bicyclic) bond motifs is 2. The number of amides is 1. The van der Waals surface area contributed by atoms with E-state index in [1.165, 1.54) is 6.92 Å². The maximum absolute atomic E-state index is 13.8. The first-order chi connectivity index (χ1) is 15.0. The molecule has 0 radical (unpaired) electrons. The fourth-order valence-corrected chi connectivity index (χ4v) is 6.11. The van der Waals surface area contributed by atoms with Gasteiger partial charge in [0, 0.05) is 22.6 Å². The molecule has 0 bridgehead atoms. The van der Waals surface area contributed by atoms with Crippen LogP contribution in [0.4, 0.5) is 0 Å². The minimum atomic E-state index is -2.35. The van der Waals surface area contributed by atoms with Crippen LogP contribution in [-0.2, 0) is 20.7 Å². The number of aliphatic hydroxyl groups excluding tert-OH is 2. The molecule has 1 saturated heterocycles. The monoisotopic (exact) mass is 440 g/mol. The summed E-state index contributed by atoms with van der Waals surface area (Å²) in [6, 6.07) is 4.16. The summed E-state index contributed by atoms with van der Waals surface area (Å²) in [6.07, 6.45) is 0.618. The molecule has 168 valence electrons. The maximum atomic E-state index is 13.8. The molecule has 9 nitrogen and oxygen atoms in total. The molecule has 5 N–H and O–H groups in total. The average molecular weight is 440 g/mol. The molecule has 1 heterocycles. The highest BCUT2D eigenvalue weighted by molar-refractivity contribution is 6.14. The van der Waals surface area contributed by atoms with Gasteiger partial charge in [-0.3, -0.25) is 19.3 Å². The molecule has 32 heavy (non-hydrogen) atoms. The van der Waals surface area contributed by atoms with Gasteiger partial charge in [0.25, 0.3) is 5.91 Å². The Morgan fingerprint density at radius 3 is 2.53 bits per heavy atom. The number of Topliss-reactive ketones (excluding diaryl/α,β-unsaturated/α-hetero) is 2. The Kier molecular flexibility index (Phi) is 4.09. The molecule has 5 rings (SSSR count). The van der Waals surface area contributed by atoms with Gasteiger partial charge in [0.05, 0.1) is 6.04 Å². The van der Waals surface area contributed by atoms with Crippen LogP contribution in [0.1, 0.15) is 34.8 Å². The molecular weight excluding hydrogens is 416 g/mol. The van der Waals surface area contributed by atoms with Crippen molar-refractivity contribution in [2.45, 2.75) is 37.2 Å². The molecule has 5 atom stereocenters. The van der Waals surface area contributed by atoms with E-state index in [9.17, 15) is 29.7 Å². The predicted molar refractivity (Wildman–Crippen MR) is 111 cm³/mol. The minimum absolute atomic E-state index is 0.105. The molecule has 0 aromatic heterocycles. The first kappa shape index (κ1) is 20.9. The number of carbonyl (C=O) groups excluding carboxylic acids is 3. The van der Waals surface area contributed by atoms with Gasteiger partial charge in [-0.25, -0.2) is 0 Å². The number of rotatable bonds is 3. The van der Waals surface area contributed by atoms with E-state index >= 15 is 0 Å². The second-order valence-electron chi connectivity index (χ2n) is 9.24. The van der Waals surface area contributed by atoms with Gasteiger partial charge < -0.3 is 25.8 Å². The number of epoxide rings is 1. The molecule has 1 saturated carbocycles. The average Bonchev–Trinajstić information content (AvgIpc) is 3.32. The van der Waals surface area contributed by atoms with Crippen molar-refractivity contribution in [2.24, 2.45) is 17.6 Å². The summed E-state index contributed by atoms with van der Waals surface area (Å²) in [5.74, 6) is -6.04. The number of primary amides is 1. The summed E-state index contributed by atoms with van der Waals surface area (Å²) < 4.78 is 5.60. The third-order valence-electron chi connectivity index (χ3n) is 7.40. The summed E-state index contributed by atoms with van der Waals surface area (Å²) in [5, 5.41) is 33.1. The van der Waals surface area contributed by atoms with Crippen LogP contribution < -0.4 is 5.73 Å². The van der Waals surface area contributed by atoms with Gasteiger partial charge in [0.1, 0.15) is 17.1 Å². The standard InChI is InChI=1S/C23H24N2O7/c1-9(26)11-5-4-6-12-13(11)7-10-8-14-17(25(2)3)19(28)16(21(24)30)23(31)22(14,32-23)20(29)15(10)18(12)27/h4-6,10,14,17,27-28,31H,7-8H2,1-3H3,(H2,24,30)/t10-,14-,17-,22-,23?/m0/s1. The molecule has 3 aliphatic carbocycles. The maximum Gasteiger partial charge on any atom is 0.253 e. The Hall–Kier alpha value is -3.01. The number of aliphatic hydroxyl groups is 3. The van der Waals surface area contributed by atoms with Crippen molar-refractivity contribution in [3.63, 3.8) is 0 Å². The van der Waals surface area contributed by atoms with Crippen LogP contribution in [0.2, 0.25) is 0 Å². The predicted octanol–water partition coefficient (Wildman–Crippen LogP) is 0.618. The lowest BCUT2D eigenvalue weighted by atomic mass is 9.58. The molecule has 1 aliphatic heterocycles. The summed E-state index contributed by atoms with van der Waals surface area (Å²) in [5.41, 5.74) is 4.72. The number of nitrogens with zero attached hydrogens (tertiary/aromatic N) is 1. The third-order valence-corrected chi connectivity index (χ3v) is 7.40. The number of hydrogen-bond donors (Lipinski definition) is 4. The number of hydrogen-bond acceptors (Lipinski definition) is 8. The van der Waals surface area contributed by atoms with Crippen molar-refractivity contribution in [3.8, 4) is 0 Å². The third kappa shape index (κ3) is 2.25. The first-order valence-corrected chi connectivity index (χ1v) is 10.4. The molecule has 1 aromatic carbocycles. The fraction of sp³-hybridized carbons (Fsp3) is 0.435. The highest BCUT2D eigenvalue weighted by Gasteiger charge is 2.85. The van der Waals surface area contributed by atoms with Crippen molar-refractivity contribution < 1.29 is 34.4 Å². The van der Waals surface area contributed by atoms with E-state index in [0.717, 1.165) is 0 Å². The zero-order valence-corrected chi connectivity index (χ0v) is 17.9. The smallest absolute Gasteiger partial charge is 0.253 e. The van der Waals surface area contributed by atoms with Gasteiger partial charge in [-0.1, -0.05) is 18.2 Å². The number of benzene rings is 1. The van der Waals surface area contributed by atoms with Crippen LogP contribution in [0.3, 0.4) is 0 Å². The van der Waals surface area contributed by atoms with Gasteiger partial charge in [-0.05, 0) is 45.3 Å². The van der Waals surface area contributed by atoms with E-state index < -0.39 is 52.3 Å². The van der Waals surface area contributed by atoms with Crippen LogP contribution in [0.25, 0.3) is 5.76 Å². The lowest BCUT2D eigenvalue weighted by Gasteiger charge is -2.45. The Morgan fingerprint density at radius 2 is 1.94 bits per heavy atom. The second kappa shape index (κ2) is 6.28. The van der Waals surface area contributed by atoms with Gasteiger partial charge in [0.15, 0.2) is 11.4 Å². The molecule has 1 aromatic rings. The fourth-order valence-electron chi connectivity index (χ4n) is 6.11. The van der Waals surface area contributed by atoms with Crippen LogP contribution in [0.15, 0.2) is 35.1 Å². The Balaban J connectivity index is 1.72. The lowest BCUT2D eigenvalue weighted by molar-refractivity contribution is -0.127.